The van der Waals surface area contributed by atoms with Gasteiger partial charge < -0.3 is 30.1 Å². The van der Waals surface area contributed by atoms with Gasteiger partial charge in [0.2, 0.25) is 10.0 Å². The molecule has 2 amide bonds. The fourth-order valence-corrected chi connectivity index (χ4v) is 7.07. The van der Waals surface area contributed by atoms with Crippen LogP contribution in [0.25, 0.3) is 0 Å². The van der Waals surface area contributed by atoms with Gasteiger partial charge in [0.15, 0.2) is 11.5 Å². The molecule has 3 atom stereocenters. The second kappa shape index (κ2) is 15.1. The van der Waals surface area contributed by atoms with Crippen molar-refractivity contribution in [2.24, 2.45) is 0 Å². The van der Waals surface area contributed by atoms with Crippen molar-refractivity contribution in [3.05, 3.63) is 48.0 Å². The molecule has 4 rings (SSSR count). The van der Waals surface area contributed by atoms with E-state index in [1.807, 2.05) is 13.0 Å². The SMILES string of the molecule is CCCCNS(=O)(=O)c1cccc(NC(=O)NC2CCC3(c4ccc(OC)c(OC)c4)CCN(C)C3C2)c1.O=C(O)C(F)(F)F. The molecule has 0 spiro atoms. The molecule has 1 aliphatic carbocycles. The van der Waals surface area contributed by atoms with E-state index in [-0.39, 0.29) is 28.4 Å². The Hall–Kier alpha value is -3.56. The first-order chi connectivity index (χ1) is 21.2. The van der Waals surface area contributed by atoms with Gasteiger partial charge in [-0.15, -0.1) is 0 Å². The molecule has 0 aromatic heterocycles. The zero-order valence-corrected chi connectivity index (χ0v) is 26.6. The molecule has 4 N–H and O–H groups in total. The van der Waals surface area contributed by atoms with E-state index in [4.69, 9.17) is 19.4 Å². The van der Waals surface area contributed by atoms with Gasteiger partial charge >= 0.3 is 18.2 Å². The van der Waals surface area contributed by atoms with Gasteiger partial charge in [-0.05, 0) is 81.6 Å². The molecule has 250 valence electrons. The molecule has 45 heavy (non-hydrogen) atoms. The summed E-state index contributed by atoms with van der Waals surface area (Å²) in [5.41, 5.74) is 1.68. The lowest BCUT2D eigenvalue weighted by molar-refractivity contribution is -0.192. The molecule has 3 unspecified atom stereocenters. The van der Waals surface area contributed by atoms with Crippen molar-refractivity contribution in [2.75, 3.05) is 39.7 Å². The molecule has 1 saturated heterocycles. The number of hydrogen-bond acceptors (Lipinski definition) is 7. The topological polar surface area (TPSA) is 146 Å². The lowest BCUT2D eigenvalue weighted by Crippen LogP contribution is -2.52. The number of aliphatic carboxylic acids is 1. The molecule has 2 aliphatic rings. The highest BCUT2D eigenvalue weighted by atomic mass is 32.2. The van der Waals surface area contributed by atoms with Crippen molar-refractivity contribution in [2.45, 2.75) is 74.0 Å². The number of carbonyl (C=O) groups excluding carboxylic acids is 1. The Kier molecular flexibility index (Phi) is 12.1. The molecule has 2 fully saturated rings. The van der Waals surface area contributed by atoms with E-state index in [2.05, 4.69) is 39.4 Å². The molecule has 2 aromatic rings. The second-order valence-corrected chi connectivity index (χ2v) is 12.9. The lowest BCUT2D eigenvalue weighted by atomic mass is 9.65. The van der Waals surface area contributed by atoms with Gasteiger partial charge in [0.05, 0.1) is 19.1 Å². The van der Waals surface area contributed by atoms with Crippen molar-refractivity contribution in [3.63, 3.8) is 0 Å². The van der Waals surface area contributed by atoms with Crippen LogP contribution in [0.5, 0.6) is 11.5 Å². The highest BCUT2D eigenvalue weighted by Gasteiger charge is 2.50. The third-order valence-corrected chi connectivity index (χ3v) is 9.75. The van der Waals surface area contributed by atoms with Gasteiger partial charge in [-0.3, -0.25) is 0 Å². The molecule has 0 bridgehead atoms. The number of likely N-dealkylation sites (N-methyl/N-ethyl adjacent to an activating group) is 1. The number of unbranched alkanes of at least 4 members (excludes halogenated alkanes) is 1. The van der Waals surface area contributed by atoms with Crippen LogP contribution < -0.4 is 24.8 Å². The Morgan fingerprint density at radius 3 is 2.40 bits per heavy atom. The number of halogens is 3. The van der Waals surface area contributed by atoms with Crippen LogP contribution >= 0.6 is 0 Å². The molecular weight excluding hydrogens is 617 g/mol. The lowest BCUT2D eigenvalue weighted by Gasteiger charge is -2.45. The maximum absolute atomic E-state index is 12.9. The molecule has 0 radical (unpaired) electrons. The zero-order chi connectivity index (χ0) is 33.4. The third kappa shape index (κ3) is 9.01. The molecule has 1 heterocycles. The van der Waals surface area contributed by atoms with Gasteiger partial charge in [-0.25, -0.2) is 22.7 Å². The van der Waals surface area contributed by atoms with Crippen LogP contribution in [0, 0.1) is 0 Å². The highest BCUT2D eigenvalue weighted by molar-refractivity contribution is 7.89. The number of carbonyl (C=O) groups is 2. The molecule has 11 nitrogen and oxygen atoms in total. The van der Waals surface area contributed by atoms with Crippen LogP contribution in [0.2, 0.25) is 0 Å². The number of carboxylic acid groups (broad SMARTS) is 1. The van der Waals surface area contributed by atoms with E-state index in [1.54, 1.807) is 26.4 Å². The number of likely N-dealkylation sites (tertiary alicyclic amines) is 1. The third-order valence-electron chi connectivity index (χ3n) is 8.29. The van der Waals surface area contributed by atoms with E-state index in [9.17, 15) is 26.4 Å². The number of anilines is 1. The van der Waals surface area contributed by atoms with Gasteiger partial charge in [0.25, 0.3) is 0 Å². The molecular formula is C30H41F3N4O7S. The predicted octanol–water partition coefficient (Wildman–Crippen LogP) is 4.73. The number of alkyl halides is 3. The monoisotopic (exact) mass is 658 g/mol. The average Bonchev–Trinajstić information content (AvgIpc) is 3.33. The summed E-state index contributed by atoms with van der Waals surface area (Å²) >= 11 is 0. The molecule has 2 aromatic carbocycles. The Balaban J connectivity index is 0.000000707. The van der Waals surface area contributed by atoms with Gasteiger partial charge in [-0.1, -0.05) is 25.5 Å². The van der Waals surface area contributed by atoms with Crippen molar-refractivity contribution in [1.82, 2.24) is 14.9 Å². The normalized spacial score (nSPS) is 21.6. The van der Waals surface area contributed by atoms with Crippen molar-refractivity contribution in [1.29, 1.82) is 0 Å². The predicted molar refractivity (Wildman–Crippen MR) is 162 cm³/mol. The molecule has 1 aliphatic heterocycles. The summed E-state index contributed by atoms with van der Waals surface area (Å²) in [7, 11) is 1.83. The summed E-state index contributed by atoms with van der Waals surface area (Å²) in [4.78, 5) is 24.3. The minimum absolute atomic E-state index is 0.00355. The first-order valence-corrected chi connectivity index (χ1v) is 16.0. The smallest absolute Gasteiger partial charge is 0.490 e. The van der Waals surface area contributed by atoms with E-state index >= 15 is 0 Å². The Bertz CT molecular complexity index is 1440. The van der Waals surface area contributed by atoms with E-state index in [0.717, 1.165) is 56.6 Å². The molecule has 1 saturated carbocycles. The number of carboxylic acids is 1. The number of urea groups is 1. The number of ether oxygens (including phenoxy) is 2. The quantitative estimate of drug-likeness (QED) is 0.268. The maximum atomic E-state index is 12.9. The Morgan fingerprint density at radius 1 is 1.09 bits per heavy atom. The first-order valence-electron chi connectivity index (χ1n) is 14.6. The number of fused-ring (bicyclic) bond motifs is 1. The van der Waals surface area contributed by atoms with Crippen LogP contribution in [-0.2, 0) is 20.2 Å². The number of nitrogens with one attached hydrogen (secondary N) is 3. The number of sulfonamides is 1. The summed E-state index contributed by atoms with van der Waals surface area (Å²) in [5.74, 6) is -1.30. The van der Waals surface area contributed by atoms with Gasteiger partial charge in [0.1, 0.15) is 0 Å². The largest absolute Gasteiger partial charge is 0.493 e. The van der Waals surface area contributed by atoms with Gasteiger partial charge in [0, 0.05) is 29.7 Å². The first kappa shape index (κ1) is 35.9. The van der Waals surface area contributed by atoms with Crippen molar-refractivity contribution in [3.8, 4) is 11.5 Å². The van der Waals surface area contributed by atoms with Crippen molar-refractivity contribution >= 4 is 27.7 Å². The van der Waals surface area contributed by atoms with E-state index < -0.39 is 22.2 Å². The average molecular weight is 659 g/mol. The number of hydrogen-bond donors (Lipinski definition) is 4. The Labute approximate surface area is 261 Å². The van der Waals surface area contributed by atoms with Crippen LogP contribution in [0.1, 0.15) is 51.0 Å². The second-order valence-electron chi connectivity index (χ2n) is 11.1. The highest BCUT2D eigenvalue weighted by Crippen LogP contribution is 2.49. The van der Waals surface area contributed by atoms with Crippen LogP contribution in [0.4, 0.5) is 23.7 Å². The summed E-state index contributed by atoms with van der Waals surface area (Å²) in [5, 5.41) is 13.1. The summed E-state index contributed by atoms with van der Waals surface area (Å²) in [6, 6.07) is 12.5. The number of rotatable bonds is 10. The summed E-state index contributed by atoms with van der Waals surface area (Å²) < 4.78 is 70.5. The van der Waals surface area contributed by atoms with Crippen LogP contribution in [0.3, 0.4) is 0 Å². The Morgan fingerprint density at radius 2 is 1.78 bits per heavy atom. The maximum Gasteiger partial charge on any atom is 0.490 e. The zero-order valence-electron chi connectivity index (χ0n) is 25.7. The van der Waals surface area contributed by atoms with Crippen LogP contribution in [-0.4, -0.2) is 83.0 Å². The fraction of sp³-hybridized carbons (Fsp3) is 0.533. The minimum atomic E-state index is -5.08. The van der Waals surface area contributed by atoms with E-state index in [1.165, 1.54) is 17.7 Å². The number of amides is 2. The van der Waals surface area contributed by atoms with E-state index in [0.29, 0.717) is 12.2 Å². The summed E-state index contributed by atoms with van der Waals surface area (Å²) in [6.45, 7) is 3.38. The van der Waals surface area contributed by atoms with Crippen LogP contribution in [0.15, 0.2) is 47.4 Å². The minimum Gasteiger partial charge on any atom is -0.493 e. The molecule has 15 heteroatoms. The fourth-order valence-electron chi connectivity index (χ4n) is 5.95. The summed E-state index contributed by atoms with van der Waals surface area (Å²) in [6.07, 6.45) is 0.258. The van der Waals surface area contributed by atoms with Crippen molar-refractivity contribution < 1.29 is 45.8 Å². The number of methoxy groups -OCH3 is 2. The standard InChI is InChI=1S/C28H40N4O5S.C2HF3O2/c1-5-6-15-29-38(34,35)23-9-7-8-21(18-23)30-27(33)31-22-12-13-28(14-16-32(2)26(28)19-22)20-10-11-24(36-3)25(17-20)37-4;3-2(4,5)1(6)7/h7-11,17-18,22,26,29H,5-6,12-16,19H2,1-4H3,(H2,30,31,33);(H,6,7). The number of benzene rings is 2. The number of nitrogens with zero attached hydrogens (tertiary/aromatic N) is 1. The van der Waals surface area contributed by atoms with Gasteiger partial charge in [-0.2, -0.15) is 13.2 Å².